The van der Waals surface area contributed by atoms with Gasteiger partial charge in [-0.1, -0.05) is 20.8 Å². The Labute approximate surface area is 107 Å². The fraction of sp³-hybridized carbons (Fsp3) is 0.929. The van der Waals surface area contributed by atoms with Gasteiger partial charge in [0.15, 0.2) is 0 Å². The predicted molar refractivity (Wildman–Crippen MR) is 73.7 cm³/mol. The Morgan fingerprint density at radius 2 is 1.65 bits per heavy atom. The minimum Gasteiger partial charge on any atom is -0.352 e. The number of carbonyl (C=O) groups is 1. The molecule has 102 valence electrons. The highest BCUT2D eigenvalue weighted by Crippen LogP contribution is 2.32. The van der Waals surface area contributed by atoms with Crippen molar-refractivity contribution >= 4 is 5.91 Å². The summed E-state index contributed by atoms with van der Waals surface area (Å²) in [6.07, 6.45) is 2.51. The number of amides is 1. The first-order valence-corrected chi connectivity index (χ1v) is 6.57. The number of nitrogens with two attached hydrogens (primary N) is 1. The van der Waals surface area contributed by atoms with Gasteiger partial charge in [0, 0.05) is 12.0 Å². The summed E-state index contributed by atoms with van der Waals surface area (Å²) in [5.74, 6) is 0.655. The molecule has 1 amide bonds. The van der Waals surface area contributed by atoms with Gasteiger partial charge in [-0.05, 0) is 51.5 Å². The maximum atomic E-state index is 11.8. The Bertz CT molecular complexity index is 236. The molecule has 0 fully saturated rings. The molecule has 0 radical (unpaired) electrons. The molecule has 0 aliphatic rings. The zero-order valence-electron chi connectivity index (χ0n) is 12.4. The van der Waals surface area contributed by atoms with E-state index in [4.69, 9.17) is 5.73 Å². The third-order valence-electron chi connectivity index (χ3n) is 2.97. The number of rotatable bonds is 5. The van der Waals surface area contributed by atoms with Gasteiger partial charge in [0.1, 0.15) is 0 Å². The molecule has 17 heavy (non-hydrogen) atoms. The lowest BCUT2D eigenvalue weighted by atomic mass is 9.76. The molecule has 1 atom stereocenters. The fourth-order valence-electron chi connectivity index (χ4n) is 2.00. The van der Waals surface area contributed by atoms with Crippen LogP contribution in [0.1, 0.15) is 60.8 Å². The third-order valence-corrected chi connectivity index (χ3v) is 2.97. The maximum Gasteiger partial charge on any atom is 0.220 e. The first-order valence-electron chi connectivity index (χ1n) is 6.57. The van der Waals surface area contributed by atoms with Crippen molar-refractivity contribution in [3.8, 4) is 0 Å². The Morgan fingerprint density at radius 3 is 2.00 bits per heavy atom. The molecule has 0 aliphatic carbocycles. The summed E-state index contributed by atoms with van der Waals surface area (Å²) in [6.45, 7) is 13.4. The Hall–Kier alpha value is -0.570. The summed E-state index contributed by atoms with van der Waals surface area (Å²) >= 11 is 0. The van der Waals surface area contributed by atoms with E-state index in [1.165, 1.54) is 0 Å². The molecule has 3 nitrogen and oxygen atoms in total. The minimum atomic E-state index is -0.137. The van der Waals surface area contributed by atoms with Gasteiger partial charge in [-0.25, -0.2) is 0 Å². The number of nitrogens with one attached hydrogen (secondary N) is 1. The summed E-state index contributed by atoms with van der Waals surface area (Å²) in [5, 5.41) is 3.00. The number of hydrogen-bond donors (Lipinski definition) is 2. The molecule has 0 rings (SSSR count). The van der Waals surface area contributed by atoms with Gasteiger partial charge in [-0.3, -0.25) is 4.79 Å². The second kappa shape index (κ2) is 6.39. The summed E-state index contributed by atoms with van der Waals surface area (Å²) < 4.78 is 0. The van der Waals surface area contributed by atoms with Gasteiger partial charge >= 0.3 is 0 Å². The van der Waals surface area contributed by atoms with Crippen LogP contribution in [0.3, 0.4) is 0 Å². The van der Waals surface area contributed by atoms with E-state index in [2.05, 4.69) is 26.1 Å². The van der Waals surface area contributed by atoms with Crippen LogP contribution in [0, 0.1) is 11.3 Å². The monoisotopic (exact) mass is 242 g/mol. The van der Waals surface area contributed by atoms with E-state index in [0.717, 1.165) is 12.8 Å². The molecule has 0 aliphatic heterocycles. The van der Waals surface area contributed by atoms with E-state index in [1.54, 1.807) is 0 Å². The quantitative estimate of drug-likeness (QED) is 0.779. The second-order valence-electron chi connectivity index (χ2n) is 6.98. The van der Waals surface area contributed by atoms with E-state index in [9.17, 15) is 4.79 Å². The smallest absolute Gasteiger partial charge is 0.220 e. The topological polar surface area (TPSA) is 55.1 Å². The Morgan fingerprint density at radius 1 is 1.12 bits per heavy atom. The van der Waals surface area contributed by atoms with Gasteiger partial charge < -0.3 is 11.1 Å². The predicted octanol–water partition coefficient (Wildman–Crippen LogP) is 2.69. The van der Waals surface area contributed by atoms with Crippen molar-refractivity contribution in [2.24, 2.45) is 17.1 Å². The lowest BCUT2D eigenvalue weighted by Gasteiger charge is -2.31. The van der Waals surface area contributed by atoms with E-state index in [0.29, 0.717) is 18.9 Å². The maximum absolute atomic E-state index is 11.8. The molecule has 0 saturated heterocycles. The molecule has 0 saturated carbocycles. The molecular weight excluding hydrogens is 212 g/mol. The van der Waals surface area contributed by atoms with Crippen molar-refractivity contribution in [3.63, 3.8) is 0 Å². The molecule has 0 aromatic rings. The van der Waals surface area contributed by atoms with Gasteiger partial charge in [-0.15, -0.1) is 0 Å². The van der Waals surface area contributed by atoms with Gasteiger partial charge in [0.25, 0.3) is 0 Å². The summed E-state index contributed by atoms with van der Waals surface area (Å²) in [5.41, 5.74) is 5.72. The molecule has 0 heterocycles. The van der Waals surface area contributed by atoms with Crippen LogP contribution in [-0.4, -0.2) is 18.0 Å². The summed E-state index contributed by atoms with van der Waals surface area (Å²) in [7, 11) is 0. The van der Waals surface area contributed by atoms with Crippen LogP contribution in [-0.2, 0) is 4.79 Å². The van der Waals surface area contributed by atoms with Crippen molar-refractivity contribution in [1.82, 2.24) is 5.32 Å². The Kier molecular flexibility index (Phi) is 6.17. The molecular formula is C14H30N2O. The minimum absolute atomic E-state index is 0.137. The second-order valence-corrected chi connectivity index (χ2v) is 6.98. The highest BCUT2D eigenvalue weighted by Gasteiger charge is 2.24. The van der Waals surface area contributed by atoms with E-state index in [-0.39, 0.29) is 16.9 Å². The van der Waals surface area contributed by atoms with Gasteiger partial charge in [0.2, 0.25) is 5.91 Å². The SMILES string of the molecule is CC(C)(C)NC(=O)CCC(CCN)C(C)(C)C. The first kappa shape index (κ1) is 16.4. The van der Waals surface area contributed by atoms with Gasteiger partial charge in [-0.2, -0.15) is 0 Å². The highest BCUT2D eigenvalue weighted by molar-refractivity contribution is 5.76. The van der Waals surface area contributed by atoms with Crippen LogP contribution in [0.2, 0.25) is 0 Å². The van der Waals surface area contributed by atoms with Crippen LogP contribution >= 0.6 is 0 Å². The van der Waals surface area contributed by atoms with Crippen molar-refractivity contribution in [3.05, 3.63) is 0 Å². The van der Waals surface area contributed by atoms with Crippen molar-refractivity contribution in [2.45, 2.75) is 66.3 Å². The van der Waals surface area contributed by atoms with E-state index in [1.807, 2.05) is 20.8 Å². The molecule has 1 unspecified atom stereocenters. The molecule has 0 bridgehead atoms. The van der Waals surface area contributed by atoms with Crippen molar-refractivity contribution < 1.29 is 4.79 Å². The molecule has 3 heteroatoms. The van der Waals surface area contributed by atoms with Gasteiger partial charge in [0.05, 0.1) is 0 Å². The third kappa shape index (κ3) is 8.19. The molecule has 0 aromatic carbocycles. The average Bonchev–Trinajstić information content (AvgIpc) is 2.07. The molecule has 0 spiro atoms. The lowest BCUT2D eigenvalue weighted by molar-refractivity contribution is -0.122. The van der Waals surface area contributed by atoms with Crippen LogP contribution in [0.25, 0.3) is 0 Å². The van der Waals surface area contributed by atoms with E-state index >= 15 is 0 Å². The van der Waals surface area contributed by atoms with Crippen molar-refractivity contribution in [2.75, 3.05) is 6.54 Å². The molecule has 0 aromatic heterocycles. The normalized spacial score (nSPS) is 14.5. The molecule has 3 N–H and O–H groups in total. The van der Waals surface area contributed by atoms with Crippen LogP contribution in [0.15, 0.2) is 0 Å². The number of hydrogen-bond acceptors (Lipinski definition) is 2. The zero-order chi connectivity index (χ0) is 13.7. The standard InChI is InChI=1S/C14H30N2O/c1-13(2,3)11(9-10-15)7-8-12(17)16-14(4,5)6/h11H,7-10,15H2,1-6H3,(H,16,17). The average molecular weight is 242 g/mol. The fourth-order valence-corrected chi connectivity index (χ4v) is 2.00. The summed E-state index contributed by atoms with van der Waals surface area (Å²) in [4.78, 5) is 11.8. The highest BCUT2D eigenvalue weighted by atomic mass is 16.1. The van der Waals surface area contributed by atoms with Crippen molar-refractivity contribution in [1.29, 1.82) is 0 Å². The summed E-state index contributed by atoms with van der Waals surface area (Å²) in [6, 6.07) is 0. The number of carbonyl (C=O) groups excluding carboxylic acids is 1. The zero-order valence-corrected chi connectivity index (χ0v) is 12.4. The first-order chi connectivity index (χ1) is 7.56. The van der Waals surface area contributed by atoms with Crippen LogP contribution in [0.4, 0.5) is 0 Å². The largest absolute Gasteiger partial charge is 0.352 e. The Balaban J connectivity index is 4.18. The lowest BCUT2D eigenvalue weighted by Crippen LogP contribution is -2.40. The van der Waals surface area contributed by atoms with Crippen LogP contribution in [0.5, 0.6) is 0 Å². The van der Waals surface area contributed by atoms with Crippen LogP contribution < -0.4 is 11.1 Å². The van der Waals surface area contributed by atoms with E-state index < -0.39 is 0 Å².